The van der Waals surface area contributed by atoms with E-state index in [1.54, 1.807) is 0 Å². The van der Waals surface area contributed by atoms with E-state index in [1.807, 2.05) is 0 Å². The Labute approximate surface area is 171 Å². The van der Waals surface area contributed by atoms with E-state index in [0.29, 0.717) is 25.2 Å². The molecule has 0 aromatic heterocycles. The van der Waals surface area contributed by atoms with Gasteiger partial charge in [-0.15, -0.1) is 0 Å². The lowest BCUT2D eigenvalue weighted by atomic mass is 9.47. The van der Waals surface area contributed by atoms with Crippen molar-refractivity contribution in [2.45, 2.75) is 90.8 Å². The van der Waals surface area contributed by atoms with E-state index in [1.165, 1.54) is 19.4 Å². The molecule has 0 radical (unpaired) electrons. The van der Waals surface area contributed by atoms with Crippen LogP contribution < -0.4 is 0 Å². The fourth-order valence-electron chi connectivity index (χ4n) is 7.42. The SMILES string of the molecule is CC(=O)O[C@H]1CC[C@@]2(C)C(=CC[C@H]3[C@@H]4CC[C@H](OC(C)=O)[C@@]4(C(F)F)CC[C@@H]32)C1. The summed E-state index contributed by atoms with van der Waals surface area (Å²) >= 11 is 0. The average molecular weight is 411 g/mol. The Hall–Kier alpha value is -1.46. The molecule has 0 aliphatic heterocycles. The van der Waals surface area contributed by atoms with Crippen LogP contribution in [0.15, 0.2) is 11.6 Å². The number of hydrogen-bond acceptors (Lipinski definition) is 4. The quantitative estimate of drug-likeness (QED) is 0.482. The van der Waals surface area contributed by atoms with Gasteiger partial charge in [0.05, 0.1) is 5.41 Å². The van der Waals surface area contributed by atoms with Crippen LogP contribution in [0.25, 0.3) is 0 Å². The lowest BCUT2D eigenvalue weighted by Crippen LogP contribution is -2.55. The summed E-state index contributed by atoms with van der Waals surface area (Å²) in [4.78, 5) is 22.9. The van der Waals surface area contributed by atoms with E-state index in [2.05, 4.69) is 13.0 Å². The molecule has 0 heterocycles. The zero-order chi connectivity index (χ0) is 21.0. The monoisotopic (exact) mass is 410 g/mol. The van der Waals surface area contributed by atoms with Gasteiger partial charge in [0, 0.05) is 20.3 Å². The molecule has 7 atom stereocenters. The molecule has 29 heavy (non-hydrogen) atoms. The first kappa shape index (κ1) is 20.8. The largest absolute Gasteiger partial charge is 0.462 e. The number of ether oxygens (including phenoxy) is 2. The van der Waals surface area contributed by atoms with E-state index in [4.69, 9.17) is 9.47 Å². The van der Waals surface area contributed by atoms with Crippen molar-refractivity contribution in [1.82, 2.24) is 0 Å². The van der Waals surface area contributed by atoms with E-state index >= 15 is 0 Å². The van der Waals surface area contributed by atoms with Crippen molar-refractivity contribution in [3.63, 3.8) is 0 Å². The molecule has 4 nitrogen and oxygen atoms in total. The number of rotatable bonds is 3. The van der Waals surface area contributed by atoms with Crippen molar-refractivity contribution in [2.75, 3.05) is 0 Å². The number of esters is 2. The van der Waals surface area contributed by atoms with Crippen LogP contribution in [0.1, 0.15) is 72.1 Å². The van der Waals surface area contributed by atoms with Crippen molar-refractivity contribution < 1.29 is 27.8 Å². The molecule has 0 aromatic rings. The van der Waals surface area contributed by atoms with E-state index < -0.39 is 23.9 Å². The predicted molar refractivity (Wildman–Crippen MR) is 103 cm³/mol. The minimum absolute atomic E-state index is 0.00658. The Balaban J connectivity index is 1.61. The highest BCUT2D eigenvalue weighted by molar-refractivity contribution is 5.66. The van der Waals surface area contributed by atoms with Gasteiger partial charge < -0.3 is 9.47 Å². The Morgan fingerprint density at radius 3 is 2.41 bits per heavy atom. The number of carbonyl (C=O) groups excluding carboxylic acids is 2. The van der Waals surface area contributed by atoms with Crippen LogP contribution in [0.5, 0.6) is 0 Å². The standard InChI is InChI=1S/C23H32F2O4/c1-13(26)28-16-8-10-22(3)15(12-16)4-5-17-18(22)9-11-23(21(24)25)19(17)6-7-20(23)29-14(2)27/h4,16-21H,5-12H2,1-3H3/t16-,17+,18-,19-,20-,22-,23+/m0/s1. The molecule has 4 aliphatic rings. The average Bonchev–Trinajstić information content (AvgIpc) is 3.01. The van der Waals surface area contributed by atoms with Gasteiger partial charge >= 0.3 is 11.9 Å². The second kappa shape index (κ2) is 7.35. The lowest BCUT2D eigenvalue weighted by Gasteiger charge is -2.58. The highest BCUT2D eigenvalue weighted by Gasteiger charge is 2.65. The summed E-state index contributed by atoms with van der Waals surface area (Å²) in [6.45, 7) is 5.05. The van der Waals surface area contributed by atoms with Gasteiger partial charge in [-0.05, 0) is 68.1 Å². The second-order valence-electron chi connectivity index (χ2n) is 9.86. The summed E-state index contributed by atoms with van der Waals surface area (Å²) in [7, 11) is 0. The summed E-state index contributed by atoms with van der Waals surface area (Å²) in [6, 6.07) is 0. The van der Waals surface area contributed by atoms with Crippen molar-refractivity contribution in [3.8, 4) is 0 Å². The molecular weight excluding hydrogens is 378 g/mol. The topological polar surface area (TPSA) is 52.6 Å². The fourth-order valence-corrected chi connectivity index (χ4v) is 7.42. The molecule has 4 rings (SSSR count). The van der Waals surface area contributed by atoms with E-state index in [-0.39, 0.29) is 29.3 Å². The smallest absolute Gasteiger partial charge is 0.302 e. The first-order chi connectivity index (χ1) is 13.7. The molecule has 0 aromatic carbocycles. The van der Waals surface area contributed by atoms with Crippen molar-refractivity contribution in [1.29, 1.82) is 0 Å². The van der Waals surface area contributed by atoms with Crippen molar-refractivity contribution in [2.24, 2.45) is 28.6 Å². The number of halogens is 2. The summed E-state index contributed by atoms with van der Waals surface area (Å²) in [6.07, 6.45) is 4.79. The highest BCUT2D eigenvalue weighted by Crippen LogP contribution is 2.66. The molecule has 3 saturated carbocycles. The Bertz CT molecular complexity index is 720. The number of carbonyl (C=O) groups is 2. The van der Waals surface area contributed by atoms with Crippen LogP contribution in [0.3, 0.4) is 0 Å². The van der Waals surface area contributed by atoms with Crippen molar-refractivity contribution in [3.05, 3.63) is 11.6 Å². The van der Waals surface area contributed by atoms with Crippen LogP contribution in [-0.2, 0) is 19.1 Å². The molecule has 0 N–H and O–H groups in total. The zero-order valence-corrected chi connectivity index (χ0v) is 17.6. The molecule has 0 spiro atoms. The Kier molecular flexibility index (Phi) is 5.27. The summed E-state index contributed by atoms with van der Waals surface area (Å²) in [5, 5.41) is 0. The zero-order valence-electron chi connectivity index (χ0n) is 17.6. The minimum atomic E-state index is -2.47. The fraction of sp³-hybridized carbons (Fsp3) is 0.826. The first-order valence-electron chi connectivity index (χ1n) is 11.0. The number of alkyl halides is 2. The van der Waals surface area contributed by atoms with Gasteiger partial charge in [-0.2, -0.15) is 0 Å². The maximum absolute atomic E-state index is 14.5. The number of hydrogen-bond donors (Lipinski definition) is 0. The van der Waals surface area contributed by atoms with E-state index in [0.717, 1.165) is 32.1 Å². The summed E-state index contributed by atoms with van der Waals surface area (Å²) < 4.78 is 39.8. The molecule has 0 amide bonds. The molecule has 0 bridgehead atoms. The van der Waals surface area contributed by atoms with Gasteiger partial charge in [0.25, 0.3) is 0 Å². The molecule has 6 heteroatoms. The maximum atomic E-state index is 14.5. The normalized spacial score (nSPS) is 43.7. The van der Waals surface area contributed by atoms with Crippen LogP contribution in [0.4, 0.5) is 8.78 Å². The Morgan fingerprint density at radius 1 is 1.03 bits per heavy atom. The lowest BCUT2D eigenvalue weighted by molar-refractivity contribution is -0.181. The van der Waals surface area contributed by atoms with Gasteiger partial charge in [-0.25, -0.2) is 8.78 Å². The summed E-state index contributed by atoms with van der Waals surface area (Å²) in [5.74, 6) is -0.230. The minimum Gasteiger partial charge on any atom is -0.462 e. The third-order valence-corrected chi connectivity index (χ3v) is 8.62. The number of allylic oxidation sites excluding steroid dienone is 1. The van der Waals surface area contributed by atoms with Gasteiger partial charge in [-0.1, -0.05) is 18.6 Å². The molecule has 3 fully saturated rings. The highest BCUT2D eigenvalue weighted by atomic mass is 19.3. The van der Waals surface area contributed by atoms with Gasteiger partial charge in [-0.3, -0.25) is 9.59 Å². The van der Waals surface area contributed by atoms with Gasteiger partial charge in [0.2, 0.25) is 6.43 Å². The predicted octanol–water partition coefficient (Wildman–Crippen LogP) is 5.06. The molecular formula is C23H32F2O4. The van der Waals surface area contributed by atoms with Crippen molar-refractivity contribution >= 4 is 11.9 Å². The third kappa shape index (κ3) is 3.21. The van der Waals surface area contributed by atoms with Crippen LogP contribution >= 0.6 is 0 Å². The molecule has 0 saturated heterocycles. The second-order valence-corrected chi connectivity index (χ2v) is 9.86. The maximum Gasteiger partial charge on any atom is 0.302 e. The van der Waals surface area contributed by atoms with E-state index in [9.17, 15) is 18.4 Å². The molecule has 4 aliphatic carbocycles. The molecule has 0 unspecified atom stereocenters. The van der Waals surface area contributed by atoms with Crippen LogP contribution in [0, 0.1) is 28.6 Å². The van der Waals surface area contributed by atoms with Crippen LogP contribution in [0.2, 0.25) is 0 Å². The third-order valence-electron chi connectivity index (χ3n) is 8.62. The van der Waals surface area contributed by atoms with Gasteiger partial charge in [0.1, 0.15) is 12.2 Å². The number of fused-ring (bicyclic) bond motifs is 5. The van der Waals surface area contributed by atoms with Gasteiger partial charge in [0.15, 0.2) is 0 Å². The van der Waals surface area contributed by atoms with Crippen LogP contribution in [-0.4, -0.2) is 30.6 Å². The Morgan fingerprint density at radius 2 is 1.76 bits per heavy atom. The molecule has 162 valence electrons. The summed E-state index contributed by atoms with van der Waals surface area (Å²) in [5.41, 5.74) is 0.145. The first-order valence-corrected chi connectivity index (χ1v) is 11.0.